The third-order valence-electron chi connectivity index (χ3n) is 2.53. The van der Waals surface area contributed by atoms with Crippen molar-refractivity contribution < 1.29 is 24.2 Å². The van der Waals surface area contributed by atoms with Crippen LogP contribution in [0.5, 0.6) is 0 Å². The number of rotatable bonds is 4. The molecule has 0 saturated carbocycles. The lowest BCUT2D eigenvalue weighted by molar-refractivity contribution is -0.140. The molecule has 1 aliphatic heterocycles. The number of nitrogens with zero attached hydrogens (tertiary/aromatic N) is 1. The Balaban J connectivity index is 2.52. The summed E-state index contributed by atoms with van der Waals surface area (Å²) in [7, 11) is 1.36. The molecule has 0 spiro atoms. The fourth-order valence-corrected chi connectivity index (χ4v) is 1.55. The van der Waals surface area contributed by atoms with E-state index in [1.807, 2.05) is 0 Å². The van der Waals surface area contributed by atoms with E-state index in [0.29, 0.717) is 13.1 Å². The maximum absolute atomic E-state index is 11.8. The number of nitrogens with one attached hydrogen (secondary N) is 2. The second kappa shape index (κ2) is 6.80. The number of aliphatic carboxylic acids is 1. The molecule has 8 heteroatoms. The van der Waals surface area contributed by atoms with Crippen LogP contribution in [0.3, 0.4) is 0 Å². The van der Waals surface area contributed by atoms with Crippen molar-refractivity contribution in [2.24, 2.45) is 0 Å². The van der Waals surface area contributed by atoms with Crippen LogP contribution in [0.4, 0.5) is 4.79 Å². The molecule has 1 atom stereocenters. The molecule has 3 N–H and O–H groups in total. The van der Waals surface area contributed by atoms with Crippen molar-refractivity contribution in [1.82, 2.24) is 15.5 Å². The third kappa shape index (κ3) is 4.21. The van der Waals surface area contributed by atoms with Gasteiger partial charge in [-0.25, -0.2) is 9.59 Å². The van der Waals surface area contributed by atoms with E-state index in [1.165, 1.54) is 12.0 Å². The SMILES string of the molecule is COCC(NC(=O)N1CCNC(=O)CC1)C(=O)O. The zero-order valence-electron chi connectivity index (χ0n) is 10.1. The Morgan fingerprint density at radius 3 is 2.89 bits per heavy atom. The number of hydrogen-bond acceptors (Lipinski definition) is 4. The van der Waals surface area contributed by atoms with Gasteiger partial charge in [0.05, 0.1) is 6.61 Å². The number of hydrogen-bond donors (Lipinski definition) is 3. The van der Waals surface area contributed by atoms with Gasteiger partial charge in [-0.05, 0) is 0 Å². The minimum atomic E-state index is -1.16. The summed E-state index contributed by atoms with van der Waals surface area (Å²) in [5.41, 5.74) is 0. The molecule has 3 amide bonds. The van der Waals surface area contributed by atoms with E-state index >= 15 is 0 Å². The molecule has 102 valence electrons. The molecule has 1 unspecified atom stereocenters. The van der Waals surface area contributed by atoms with E-state index in [9.17, 15) is 14.4 Å². The highest BCUT2D eigenvalue weighted by atomic mass is 16.5. The summed E-state index contributed by atoms with van der Waals surface area (Å²) in [5.74, 6) is -1.27. The summed E-state index contributed by atoms with van der Waals surface area (Å²) < 4.78 is 4.71. The van der Waals surface area contributed by atoms with E-state index in [4.69, 9.17) is 9.84 Å². The van der Waals surface area contributed by atoms with E-state index in [1.54, 1.807) is 0 Å². The number of carboxylic acid groups (broad SMARTS) is 1. The van der Waals surface area contributed by atoms with Crippen molar-refractivity contribution in [3.8, 4) is 0 Å². The van der Waals surface area contributed by atoms with Gasteiger partial charge < -0.3 is 25.4 Å². The maximum Gasteiger partial charge on any atom is 0.328 e. The van der Waals surface area contributed by atoms with Crippen molar-refractivity contribution >= 4 is 17.9 Å². The molecule has 0 aliphatic carbocycles. The Kier molecular flexibility index (Phi) is 5.37. The molecular formula is C10H17N3O5. The van der Waals surface area contributed by atoms with Crippen molar-refractivity contribution in [1.29, 1.82) is 0 Å². The lowest BCUT2D eigenvalue weighted by Crippen LogP contribution is -2.50. The van der Waals surface area contributed by atoms with Gasteiger partial charge >= 0.3 is 12.0 Å². The number of methoxy groups -OCH3 is 1. The molecule has 0 radical (unpaired) electrons. The molecule has 0 aromatic carbocycles. The van der Waals surface area contributed by atoms with E-state index < -0.39 is 18.0 Å². The quantitative estimate of drug-likeness (QED) is 0.576. The summed E-state index contributed by atoms with van der Waals surface area (Å²) in [6.45, 7) is 0.897. The molecule has 0 aromatic rings. The molecule has 1 rings (SSSR count). The van der Waals surface area contributed by atoms with Crippen LogP contribution in [-0.4, -0.2) is 67.3 Å². The summed E-state index contributed by atoms with van der Waals surface area (Å²) in [6.07, 6.45) is 0.218. The van der Waals surface area contributed by atoms with Gasteiger partial charge in [-0.3, -0.25) is 4.79 Å². The Morgan fingerprint density at radius 2 is 2.28 bits per heavy atom. The molecule has 1 saturated heterocycles. The van der Waals surface area contributed by atoms with Gasteiger partial charge in [-0.15, -0.1) is 0 Å². The minimum absolute atomic E-state index is 0.105. The monoisotopic (exact) mass is 259 g/mol. The van der Waals surface area contributed by atoms with Crippen molar-refractivity contribution in [2.75, 3.05) is 33.4 Å². The van der Waals surface area contributed by atoms with Crippen LogP contribution >= 0.6 is 0 Å². The predicted octanol–water partition coefficient (Wildman–Crippen LogP) is -1.38. The van der Waals surface area contributed by atoms with Gasteiger partial charge in [0.2, 0.25) is 5.91 Å². The van der Waals surface area contributed by atoms with Crippen LogP contribution in [0.25, 0.3) is 0 Å². The Bertz CT molecular complexity index is 333. The molecular weight excluding hydrogens is 242 g/mol. The molecule has 1 heterocycles. The second-order valence-electron chi connectivity index (χ2n) is 3.88. The summed E-state index contributed by atoms with van der Waals surface area (Å²) >= 11 is 0. The highest BCUT2D eigenvalue weighted by Crippen LogP contribution is 1.98. The number of urea groups is 1. The largest absolute Gasteiger partial charge is 0.480 e. The molecule has 0 aromatic heterocycles. The normalized spacial score (nSPS) is 17.6. The van der Waals surface area contributed by atoms with Crippen LogP contribution in [0.2, 0.25) is 0 Å². The van der Waals surface area contributed by atoms with Gasteiger partial charge in [0, 0.05) is 33.2 Å². The van der Waals surface area contributed by atoms with Gasteiger partial charge in [0.1, 0.15) is 0 Å². The lowest BCUT2D eigenvalue weighted by Gasteiger charge is -2.22. The van der Waals surface area contributed by atoms with Crippen LogP contribution in [0, 0.1) is 0 Å². The summed E-state index contributed by atoms with van der Waals surface area (Å²) in [4.78, 5) is 35.2. The van der Waals surface area contributed by atoms with Crippen LogP contribution in [0.15, 0.2) is 0 Å². The lowest BCUT2D eigenvalue weighted by atomic mass is 10.3. The average Bonchev–Trinajstić information content (AvgIpc) is 2.53. The smallest absolute Gasteiger partial charge is 0.328 e. The first-order valence-corrected chi connectivity index (χ1v) is 5.58. The summed E-state index contributed by atoms with van der Waals surface area (Å²) in [5, 5.41) is 13.9. The second-order valence-corrected chi connectivity index (χ2v) is 3.88. The van der Waals surface area contributed by atoms with Crippen LogP contribution < -0.4 is 10.6 Å². The Labute approximate surface area is 104 Å². The average molecular weight is 259 g/mol. The minimum Gasteiger partial charge on any atom is -0.480 e. The number of carbonyl (C=O) groups is 3. The van der Waals surface area contributed by atoms with Crippen molar-refractivity contribution in [2.45, 2.75) is 12.5 Å². The molecule has 1 fully saturated rings. The predicted molar refractivity (Wildman–Crippen MR) is 61.0 cm³/mol. The molecule has 1 aliphatic rings. The molecule has 0 bridgehead atoms. The Morgan fingerprint density at radius 1 is 1.56 bits per heavy atom. The standard InChI is InChI=1S/C10H17N3O5/c1-18-6-7(9(15)16)12-10(17)13-4-2-8(14)11-3-5-13/h7H,2-6H2,1H3,(H,11,14)(H,12,17)(H,15,16). The highest BCUT2D eigenvalue weighted by Gasteiger charge is 2.24. The third-order valence-corrected chi connectivity index (χ3v) is 2.53. The Hall–Kier alpha value is -1.83. The topological polar surface area (TPSA) is 108 Å². The van der Waals surface area contributed by atoms with Gasteiger partial charge in [-0.2, -0.15) is 0 Å². The number of amides is 3. The first-order chi connectivity index (χ1) is 8.54. The van der Waals surface area contributed by atoms with Crippen molar-refractivity contribution in [3.05, 3.63) is 0 Å². The van der Waals surface area contributed by atoms with Crippen LogP contribution in [-0.2, 0) is 14.3 Å². The van der Waals surface area contributed by atoms with E-state index in [2.05, 4.69) is 10.6 Å². The van der Waals surface area contributed by atoms with E-state index in [0.717, 1.165) is 0 Å². The van der Waals surface area contributed by atoms with E-state index in [-0.39, 0.29) is 25.5 Å². The van der Waals surface area contributed by atoms with Crippen molar-refractivity contribution in [3.63, 3.8) is 0 Å². The number of carboxylic acids is 1. The zero-order valence-corrected chi connectivity index (χ0v) is 10.1. The number of ether oxygens (including phenoxy) is 1. The summed E-state index contributed by atoms with van der Waals surface area (Å²) in [6, 6.07) is -1.59. The first-order valence-electron chi connectivity index (χ1n) is 5.58. The fraction of sp³-hybridized carbons (Fsp3) is 0.700. The molecule has 8 nitrogen and oxygen atoms in total. The fourth-order valence-electron chi connectivity index (χ4n) is 1.55. The van der Waals surface area contributed by atoms with Gasteiger partial charge in [-0.1, -0.05) is 0 Å². The van der Waals surface area contributed by atoms with Gasteiger partial charge in [0.25, 0.3) is 0 Å². The zero-order chi connectivity index (χ0) is 13.5. The molecule has 18 heavy (non-hydrogen) atoms. The highest BCUT2D eigenvalue weighted by molar-refractivity contribution is 5.83. The van der Waals surface area contributed by atoms with Gasteiger partial charge in [0.15, 0.2) is 6.04 Å². The first kappa shape index (κ1) is 14.2. The maximum atomic E-state index is 11.8. The number of carbonyl (C=O) groups excluding carboxylic acids is 2. The van der Waals surface area contributed by atoms with Crippen LogP contribution in [0.1, 0.15) is 6.42 Å².